The quantitative estimate of drug-likeness (QED) is 0.723. The summed E-state index contributed by atoms with van der Waals surface area (Å²) in [5.74, 6) is -0.0643. The molecule has 0 saturated heterocycles. The van der Waals surface area contributed by atoms with E-state index in [4.69, 9.17) is 4.42 Å². The predicted octanol–water partition coefficient (Wildman–Crippen LogP) is 1.92. The number of nitrogens with zero attached hydrogens (tertiary/aromatic N) is 2. The lowest BCUT2D eigenvalue weighted by molar-refractivity contribution is 0.104. The second-order valence-electron chi connectivity index (χ2n) is 2.74. The summed E-state index contributed by atoms with van der Waals surface area (Å²) in [6.45, 7) is 1.95. The number of aryl methyl sites for hydroxylation is 1. The van der Waals surface area contributed by atoms with E-state index in [0.29, 0.717) is 10.4 Å². The molecule has 2 rings (SSSR count). The third kappa shape index (κ3) is 1.46. The summed E-state index contributed by atoms with van der Waals surface area (Å²) in [4.78, 5) is 12.4. The smallest absolute Gasteiger partial charge is 0.209 e. The maximum absolute atomic E-state index is 11.8. The lowest BCUT2D eigenvalue weighted by Gasteiger charge is -1.93. The Morgan fingerprint density at radius 2 is 2.50 bits per heavy atom. The topological polar surface area (TPSA) is 56.0 Å². The zero-order chi connectivity index (χ0) is 9.97. The van der Waals surface area contributed by atoms with E-state index in [1.54, 1.807) is 6.07 Å². The van der Waals surface area contributed by atoms with Crippen LogP contribution in [0, 0.1) is 0 Å². The monoisotopic (exact) mass is 208 g/mol. The SMILES string of the molecule is CCc1nnsc1C(=O)c1ccoc1. The summed E-state index contributed by atoms with van der Waals surface area (Å²) in [6, 6.07) is 1.64. The summed E-state index contributed by atoms with van der Waals surface area (Å²) in [7, 11) is 0. The number of rotatable bonds is 3. The third-order valence-corrected chi connectivity index (χ3v) is 2.65. The van der Waals surface area contributed by atoms with Crippen molar-refractivity contribution in [2.75, 3.05) is 0 Å². The van der Waals surface area contributed by atoms with Gasteiger partial charge in [0, 0.05) is 0 Å². The van der Waals surface area contributed by atoms with Crippen molar-refractivity contribution in [3.8, 4) is 0 Å². The van der Waals surface area contributed by atoms with Crippen LogP contribution < -0.4 is 0 Å². The van der Waals surface area contributed by atoms with E-state index >= 15 is 0 Å². The van der Waals surface area contributed by atoms with E-state index in [-0.39, 0.29) is 5.78 Å². The standard InChI is InChI=1S/C9H8N2O2S/c1-2-7-9(14-11-10-7)8(12)6-3-4-13-5-6/h3-5H,2H2,1H3. The fourth-order valence-corrected chi connectivity index (χ4v) is 1.85. The molecule has 0 bridgehead atoms. The van der Waals surface area contributed by atoms with Crippen molar-refractivity contribution in [3.63, 3.8) is 0 Å². The molecule has 2 heterocycles. The van der Waals surface area contributed by atoms with E-state index in [9.17, 15) is 4.79 Å². The Morgan fingerprint density at radius 3 is 3.14 bits per heavy atom. The van der Waals surface area contributed by atoms with Crippen molar-refractivity contribution in [1.82, 2.24) is 9.59 Å². The summed E-state index contributed by atoms with van der Waals surface area (Å²) < 4.78 is 8.61. The number of aromatic nitrogens is 2. The van der Waals surface area contributed by atoms with Crippen molar-refractivity contribution in [2.24, 2.45) is 0 Å². The van der Waals surface area contributed by atoms with Crippen molar-refractivity contribution in [1.29, 1.82) is 0 Å². The minimum absolute atomic E-state index is 0.0643. The van der Waals surface area contributed by atoms with E-state index in [0.717, 1.165) is 23.6 Å². The Morgan fingerprint density at radius 1 is 1.64 bits per heavy atom. The molecule has 0 amide bonds. The summed E-state index contributed by atoms with van der Waals surface area (Å²) >= 11 is 1.13. The number of carbonyl (C=O) groups excluding carboxylic acids is 1. The average molecular weight is 208 g/mol. The van der Waals surface area contributed by atoms with Crippen LogP contribution >= 0.6 is 11.5 Å². The average Bonchev–Trinajstić information content (AvgIpc) is 2.87. The Balaban J connectivity index is 2.36. The molecule has 2 aromatic heterocycles. The molecule has 0 N–H and O–H groups in total. The molecule has 0 aliphatic rings. The van der Waals surface area contributed by atoms with E-state index in [2.05, 4.69) is 9.59 Å². The van der Waals surface area contributed by atoms with Crippen LogP contribution in [0.1, 0.15) is 27.9 Å². The lowest BCUT2D eigenvalue weighted by atomic mass is 10.1. The number of hydrogen-bond donors (Lipinski definition) is 0. The van der Waals surface area contributed by atoms with Gasteiger partial charge in [0.25, 0.3) is 0 Å². The van der Waals surface area contributed by atoms with Gasteiger partial charge in [-0.05, 0) is 24.0 Å². The third-order valence-electron chi connectivity index (χ3n) is 1.88. The Kier molecular flexibility index (Phi) is 2.41. The molecule has 0 unspecified atom stereocenters. The fraction of sp³-hybridized carbons (Fsp3) is 0.222. The number of carbonyl (C=O) groups is 1. The first-order valence-electron chi connectivity index (χ1n) is 4.21. The van der Waals surface area contributed by atoms with Gasteiger partial charge in [-0.2, -0.15) is 0 Å². The molecule has 72 valence electrons. The van der Waals surface area contributed by atoms with E-state index in [1.165, 1.54) is 12.5 Å². The molecule has 0 aliphatic carbocycles. The Labute approximate surface area is 84.7 Å². The normalized spacial score (nSPS) is 10.4. The molecule has 0 aliphatic heterocycles. The number of ketones is 1. The molecule has 0 spiro atoms. The van der Waals surface area contributed by atoms with Gasteiger partial charge in [-0.15, -0.1) is 5.10 Å². The first kappa shape index (κ1) is 9.08. The van der Waals surface area contributed by atoms with Crippen LogP contribution in [0.15, 0.2) is 23.0 Å². The van der Waals surface area contributed by atoms with Crippen LogP contribution in [0.5, 0.6) is 0 Å². The molecule has 0 atom stereocenters. The molecule has 14 heavy (non-hydrogen) atoms. The van der Waals surface area contributed by atoms with Gasteiger partial charge in [0.05, 0.1) is 17.5 Å². The molecule has 0 aromatic carbocycles. The largest absolute Gasteiger partial charge is 0.472 e. The van der Waals surface area contributed by atoms with Crippen molar-refractivity contribution in [2.45, 2.75) is 13.3 Å². The van der Waals surface area contributed by atoms with Gasteiger partial charge in [-0.3, -0.25) is 4.79 Å². The highest BCUT2D eigenvalue weighted by atomic mass is 32.1. The maximum atomic E-state index is 11.8. The minimum Gasteiger partial charge on any atom is -0.472 e. The van der Waals surface area contributed by atoms with Crippen LogP contribution in [0.25, 0.3) is 0 Å². The molecule has 0 fully saturated rings. The maximum Gasteiger partial charge on any atom is 0.209 e. The van der Waals surface area contributed by atoms with Gasteiger partial charge < -0.3 is 4.42 Å². The zero-order valence-corrected chi connectivity index (χ0v) is 8.37. The summed E-state index contributed by atoms with van der Waals surface area (Å²) in [6.07, 6.45) is 3.63. The van der Waals surface area contributed by atoms with Crippen molar-refractivity contribution < 1.29 is 9.21 Å². The molecule has 4 nitrogen and oxygen atoms in total. The molecule has 0 radical (unpaired) electrons. The second-order valence-corrected chi connectivity index (χ2v) is 3.50. The van der Waals surface area contributed by atoms with E-state index < -0.39 is 0 Å². The molecule has 5 heteroatoms. The van der Waals surface area contributed by atoms with Gasteiger partial charge >= 0.3 is 0 Å². The highest BCUT2D eigenvalue weighted by Gasteiger charge is 2.17. The fourth-order valence-electron chi connectivity index (χ4n) is 1.14. The summed E-state index contributed by atoms with van der Waals surface area (Å²) in [5.41, 5.74) is 1.30. The van der Waals surface area contributed by atoms with Crippen molar-refractivity contribution in [3.05, 3.63) is 34.7 Å². The van der Waals surface area contributed by atoms with Crippen molar-refractivity contribution >= 4 is 17.3 Å². The Hall–Kier alpha value is -1.49. The minimum atomic E-state index is -0.0643. The molecular formula is C9H8N2O2S. The highest BCUT2D eigenvalue weighted by molar-refractivity contribution is 7.08. The molecular weight excluding hydrogens is 200 g/mol. The Bertz CT molecular complexity index is 433. The second kappa shape index (κ2) is 3.71. The van der Waals surface area contributed by atoms with Crippen LogP contribution in [0.4, 0.5) is 0 Å². The van der Waals surface area contributed by atoms with Gasteiger partial charge in [-0.25, -0.2) is 0 Å². The number of furan rings is 1. The lowest BCUT2D eigenvalue weighted by Crippen LogP contribution is -2.00. The van der Waals surface area contributed by atoms with Gasteiger partial charge in [0.2, 0.25) is 5.78 Å². The first-order valence-corrected chi connectivity index (χ1v) is 4.98. The summed E-state index contributed by atoms with van der Waals surface area (Å²) in [5, 5.41) is 3.88. The number of hydrogen-bond acceptors (Lipinski definition) is 5. The van der Waals surface area contributed by atoms with Gasteiger partial charge in [-0.1, -0.05) is 11.4 Å². The highest BCUT2D eigenvalue weighted by Crippen LogP contribution is 2.16. The predicted molar refractivity (Wildman–Crippen MR) is 51.4 cm³/mol. The van der Waals surface area contributed by atoms with Crippen LogP contribution in [0.2, 0.25) is 0 Å². The van der Waals surface area contributed by atoms with E-state index in [1.807, 2.05) is 6.92 Å². The van der Waals surface area contributed by atoms with Gasteiger partial charge in [0.1, 0.15) is 11.1 Å². The molecule has 2 aromatic rings. The van der Waals surface area contributed by atoms with Crippen LogP contribution in [-0.4, -0.2) is 15.4 Å². The zero-order valence-electron chi connectivity index (χ0n) is 7.56. The van der Waals surface area contributed by atoms with Crippen LogP contribution in [0.3, 0.4) is 0 Å². The van der Waals surface area contributed by atoms with Crippen LogP contribution in [-0.2, 0) is 6.42 Å². The molecule has 0 saturated carbocycles. The van der Waals surface area contributed by atoms with Gasteiger partial charge in [0.15, 0.2) is 0 Å². The first-order chi connectivity index (χ1) is 6.83.